The summed E-state index contributed by atoms with van der Waals surface area (Å²) >= 11 is 0. The first-order valence-electron chi connectivity index (χ1n) is 27.1. The van der Waals surface area contributed by atoms with Gasteiger partial charge in [-0.3, -0.25) is 0 Å². The number of benzene rings is 12. The molecule has 2 aromatic heterocycles. The summed E-state index contributed by atoms with van der Waals surface area (Å²) < 4.78 is 13.7. The molecule has 3 aliphatic rings. The summed E-state index contributed by atoms with van der Waals surface area (Å²) in [6.07, 6.45) is 0. The van der Waals surface area contributed by atoms with E-state index in [0.29, 0.717) is 0 Å². The van der Waals surface area contributed by atoms with Crippen molar-refractivity contribution in [1.82, 2.24) is 0 Å². The van der Waals surface area contributed by atoms with Gasteiger partial charge in [-0.15, -0.1) is 0 Å². The molecule has 0 saturated heterocycles. The van der Waals surface area contributed by atoms with Gasteiger partial charge in [-0.25, -0.2) is 0 Å². The Hall–Kier alpha value is -9.96. The number of hydrogen-bond donors (Lipinski definition) is 0. The van der Waals surface area contributed by atoms with Gasteiger partial charge < -0.3 is 13.7 Å². The van der Waals surface area contributed by atoms with E-state index < -0.39 is 10.8 Å². The van der Waals surface area contributed by atoms with E-state index in [9.17, 15) is 0 Å². The normalized spacial score (nSPS) is 16.4. The Balaban J connectivity index is 0.988. The Bertz CT molecular complexity index is 4840. The summed E-state index contributed by atoms with van der Waals surface area (Å²) in [4.78, 5) is 2.60. The van der Waals surface area contributed by atoms with E-state index in [0.717, 1.165) is 77.6 Å². The van der Waals surface area contributed by atoms with Gasteiger partial charge in [0.2, 0.25) is 0 Å². The Morgan fingerprint density at radius 3 is 1.44 bits per heavy atom. The Morgan fingerprint density at radius 1 is 0.295 bits per heavy atom. The highest BCUT2D eigenvalue weighted by atomic mass is 16.3. The fourth-order valence-corrected chi connectivity index (χ4v) is 14.7. The maximum absolute atomic E-state index is 6.94. The fraction of sp³-hybridized carbons (Fsp3) is 0.0400. The zero-order valence-electron chi connectivity index (χ0n) is 42.7. The van der Waals surface area contributed by atoms with Crippen LogP contribution in [0, 0.1) is 6.92 Å². The molecule has 0 N–H and O–H groups in total. The molecule has 78 heavy (non-hydrogen) atoms. The van der Waals surface area contributed by atoms with Gasteiger partial charge in [-0.05, 0) is 116 Å². The number of hydrogen-bond acceptors (Lipinski definition) is 3. The van der Waals surface area contributed by atoms with E-state index in [2.05, 4.69) is 279 Å². The summed E-state index contributed by atoms with van der Waals surface area (Å²) in [5.41, 5.74) is 26.2. The molecule has 0 saturated carbocycles. The second kappa shape index (κ2) is 16.0. The van der Waals surface area contributed by atoms with Crippen LogP contribution in [0.15, 0.2) is 276 Å². The van der Waals surface area contributed by atoms with Crippen LogP contribution in [0.4, 0.5) is 17.1 Å². The van der Waals surface area contributed by atoms with Crippen molar-refractivity contribution in [2.24, 2.45) is 0 Å². The quantitative estimate of drug-likeness (QED) is 0.166. The molecule has 0 aliphatic heterocycles. The molecule has 1 spiro atoms. The first kappa shape index (κ1) is 43.3. The van der Waals surface area contributed by atoms with Crippen molar-refractivity contribution in [3.05, 3.63) is 317 Å². The summed E-state index contributed by atoms with van der Waals surface area (Å²) in [6.45, 7) is 2.27. The van der Waals surface area contributed by atoms with E-state index in [-0.39, 0.29) is 0 Å². The van der Waals surface area contributed by atoms with Crippen molar-refractivity contribution >= 4 is 60.9 Å². The number of fused-ring (bicyclic) bond motifs is 20. The van der Waals surface area contributed by atoms with Crippen LogP contribution in [0.25, 0.3) is 88.4 Å². The zero-order valence-corrected chi connectivity index (χ0v) is 42.7. The molecule has 3 heteroatoms. The van der Waals surface area contributed by atoms with Gasteiger partial charge in [0.1, 0.15) is 22.3 Å². The monoisotopic (exact) mass is 993 g/mol. The third-order valence-corrected chi connectivity index (χ3v) is 17.7. The topological polar surface area (TPSA) is 29.5 Å². The van der Waals surface area contributed by atoms with Gasteiger partial charge in [-0.1, -0.05) is 231 Å². The molecule has 0 bridgehead atoms. The maximum Gasteiger partial charge on any atom is 0.143 e. The highest BCUT2D eigenvalue weighted by Crippen LogP contribution is 2.67. The molecule has 17 rings (SSSR count). The molecule has 2 heterocycles. The molecular weight excluding hydrogens is 947 g/mol. The highest BCUT2D eigenvalue weighted by Gasteiger charge is 2.54. The van der Waals surface area contributed by atoms with Crippen LogP contribution < -0.4 is 4.90 Å². The maximum atomic E-state index is 6.94. The Morgan fingerprint density at radius 2 is 0.756 bits per heavy atom. The second-order valence-corrected chi connectivity index (χ2v) is 21.3. The standard InChI is InChI=1S/C75H47NO2/c1-46-21-5-12-30-57(46)74(48-41-42-52-50-25-10-17-39-67(50)77-69(52)45-48)58-31-13-6-27-54(58)70-61(74)34-19-37-65(70)76(64-36-16-9-24-49(64)47-22-3-2-4-23-47)66-38-20-35-62-71(66)55-28-7-14-32-59(55)75(62)60-33-15-8-29-56(60)72-63(75)44-43-53-51-26-11-18-40-68(51)78-73(53)72/h2-45H,1H3. The molecule has 2 unspecified atom stereocenters. The molecule has 0 radical (unpaired) electrons. The third-order valence-electron chi connectivity index (χ3n) is 17.7. The van der Waals surface area contributed by atoms with E-state index in [4.69, 9.17) is 8.83 Å². The van der Waals surface area contributed by atoms with Crippen LogP contribution >= 0.6 is 0 Å². The Kier molecular flexibility index (Phi) is 8.90. The van der Waals surface area contributed by atoms with Gasteiger partial charge >= 0.3 is 0 Å². The lowest BCUT2D eigenvalue weighted by Gasteiger charge is -2.36. The molecular formula is C75H47NO2. The molecule has 3 aliphatic carbocycles. The smallest absolute Gasteiger partial charge is 0.143 e. The third kappa shape index (κ3) is 5.52. The van der Waals surface area contributed by atoms with Crippen LogP contribution in [0.2, 0.25) is 0 Å². The van der Waals surface area contributed by atoms with Gasteiger partial charge in [0.05, 0.1) is 27.9 Å². The van der Waals surface area contributed by atoms with Crippen LogP contribution in [0.3, 0.4) is 0 Å². The van der Waals surface area contributed by atoms with Gasteiger partial charge in [-0.2, -0.15) is 0 Å². The van der Waals surface area contributed by atoms with E-state index in [1.165, 1.54) is 77.9 Å². The van der Waals surface area contributed by atoms with Crippen LogP contribution in [0.1, 0.15) is 50.1 Å². The van der Waals surface area contributed by atoms with Crippen molar-refractivity contribution in [2.45, 2.75) is 17.8 Å². The molecule has 0 amide bonds. The number of anilines is 3. The van der Waals surface area contributed by atoms with Gasteiger partial charge in [0, 0.05) is 43.8 Å². The lowest BCUT2D eigenvalue weighted by Crippen LogP contribution is -2.29. The minimum atomic E-state index is -0.709. The number of rotatable bonds is 6. The zero-order chi connectivity index (χ0) is 51.3. The number of para-hydroxylation sites is 3. The average molecular weight is 994 g/mol. The van der Waals surface area contributed by atoms with Crippen molar-refractivity contribution in [3.63, 3.8) is 0 Å². The summed E-state index contributed by atoms with van der Waals surface area (Å²) in [7, 11) is 0. The Labute approximate surface area is 451 Å². The first-order valence-corrected chi connectivity index (χ1v) is 27.1. The van der Waals surface area contributed by atoms with Crippen LogP contribution in [0.5, 0.6) is 0 Å². The van der Waals surface area contributed by atoms with Crippen molar-refractivity contribution in [3.8, 4) is 44.5 Å². The van der Waals surface area contributed by atoms with Crippen LogP contribution in [-0.2, 0) is 10.8 Å². The lowest BCUT2D eigenvalue weighted by molar-refractivity contribution is 0.665. The number of nitrogens with zero attached hydrogens (tertiary/aromatic N) is 1. The lowest BCUT2D eigenvalue weighted by atomic mass is 9.66. The van der Waals surface area contributed by atoms with Crippen molar-refractivity contribution in [1.29, 1.82) is 0 Å². The largest absolute Gasteiger partial charge is 0.456 e. The first-order chi connectivity index (χ1) is 38.6. The molecule has 12 aromatic carbocycles. The predicted octanol–water partition coefficient (Wildman–Crippen LogP) is 19.6. The second-order valence-electron chi connectivity index (χ2n) is 21.3. The highest BCUT2D eigenvalue weighted by molar-refractivity contribution is 6.14. The number of furan rings is 2. The SMILES string of the molecule is Cc1ccccc1C1(c2ccc3c(c2)oc2ccccc23)c2ccccc2-c2c(N(c3ccccc3-c3ccccc3)c3cccc4c3-c3ccccc3C43c4ccccc4-c4c3ccc3c4oc4ccccc43)cccc21. The van der Waals surface area contributed by atoms with Gasteiger partial charge in [0.25, 0.3) is 0 Å². The van der Waals surface area contributed by atoms with E-state index >= 15 is 0 Å². The molecule has 2 atom stereocenters. The minimum Gasteiger partial charge on any atom is -0.456 e. The fourth-order valence-electron chi connectivity index (χ4n) is 14.7. The molecule has 3 nitrogen and oxygen atoms in total. The summed E-state index contributed by atoms with van der Waals surface area (Å²) in [5, 5.41) is 4.51. The minimum absolute atomic E-state index is 0.633. The predicted molar refractivity (Wildman–Crippen MR) is 319 cm³/mol. The average Bonchev–Trinajstić information content (AvgIpc) is 2.99. The molecule has 14 aromatic rings. The van der Waals surface area contributed by atoms with Crippen molar-refractivity contribution < 1.29 is 8.83 Å². The molecule has 364 valence electrons. The molecule has 0 fully saturated rings. The van der Waals surface area contributed by atoms with Crippen molar-refractivity contribution in [2.75, 3.05) is 4.90 Å². The van der Waals surface area contributed by atoms with E-state index in [1.54, 1.807) is 0 Å². The summed E-state index contributed by atoms with van der Waals surface area (Å²) in [5.74, 6) is 0. The number of aryl methyl sites for hydroxylation is 1. The van der Waals surface area contributed by atoms with Gasteiger partial charge in [0.15, 0.2) is 0 Å². The summed E-state index contributed by atoms with van der Waals surface area (Å²) in [6, 6.07) is 98.9. The van der Waals surface area contributed by atoms with E-state index in [1.807, 2.05) is 0 Å². The van der Waals surface area contributed by atoms with Crippen LogP contribution in [-0.4, -0.2) is 0 Å².